The minimum atomic E-state index is 0.00446. The summed E-state index contributed by atoms with van der Waals surface area (Å²) in [5.41, 5.74) is 0.803. The maximum atomic E-state index is 12.4. The monoisotopic (exact) mass is 287 g/mol. The van der Waals surface area contributed by atoms with E-state index >= 15 is 0 Å². The van der Waals surface area contributed by atoms with Gasteiger partial charge in [0.25, 0.3) is 0 Å². The number of carbonyl (C=O) groups excluding carboxylic acids is 1. The van der Waals surface area contributed by atoms with Crippen LogP contribution < -0.4 is 0 Å². The molecule has 2 aromatic rings. The average molecular weight is 287 g/mol. The molecule has 0 saturated heterocycles. The molecular formula is C17H21NOS. The molecule has 1 aromatic heterocycles. The Morgan fingerprint density at radius 1 is 1.15 bits per heavy atom. The Balaban J connectivity index is 1.97. The Kier molecular flexibility index (Phi) is 5.10. The van der Waals surface area contributed by atoms with Gasteiger partial charge in [-0.05, 0) is 25.4 Å². The van der Waals surface area contributed by atoms with Gasteiger partial charge in [0.15, 0.2) is 5.78 Å². The summed E-state index contributed by atoms with van der Waals surface area (Å²) in [6.07, 6.45) is 0. The van der Waals surface area contributed by atoms with Crippen LogP contribution in [-0.4, -0.2) is 24.3 Å². The third-order valence-electron chi connectivity index (χ3n) is 3.68. The van der Waals surface area contributed by atoms with Gasteiger partial charge >= 0.3 is 0 Å². The first-order chi connectivity index (χ1) is 9.59. The van der Waals surface area contributed by atoms with Crippen LogP contribution in [0.4, 0.5) is 0 Å². The van der Waals surface area contributed by atoms with E-state index in [2.05, 4.69) is 36.4 Å². The van der Waals surface area contributed by atoms with Crippen molar-refractivity contribution in [1.82, 2.24) is 4.90 Å². The number of carbonyl (C=O) groups is 1. The van der Waals surface area contributed by atoms with Crippen LogP contribution in [0.15, 0.2) is 47.8 Å². The summed E-state index contributed by atoms with van der Waals surface area (Å²) in [6.45, 7) is 4.96. The lowest BCUT2D eigenvalue weighted by atomic mass is 9.98. The Hall–Kier alpha value is -1.45. The summed E-state index contributed by atoms with van der Waals surface area (Å²) in [6, 6.07) is 14.1. The van der Waals surface area contributed by atoms with E-state index in [-0.39, 0.29) is 11.7 Å². The highest BCUT2D eigenvalue weighted by atomic mass is 32.1. The van der Waals surface area contributed by atoms with Crippen molar-refractivity contribution < 1.29 is 4.79 Å². The van der Waals surface area contributed by atoms with Crippen LogP contribution in [0.5, 0.6) is 0 Å². The molecule has 0 aliphatic heterocycles. The van der Waals surface area contributed by atoms with Crippen LogP contribution in [0.1, 0.15) is 35.1 Å². The standard InChI is InChI=1S/C17H21NOS/c1-13(17(19)15-8-5-4-6-9-15)12-18(3)14(2)16-10-7-11-20-16/h4-11,13-14H,12H2,1-3H3. The number of ketones is 1. The molecule has 3 heteroatoms. The van der Waals surface area contributed by atoms with Crippen LogP contribution in [0.3, 0.4) is 0 Å². The van der Waals surface area contributed by atoms with E-state index in [1.807, 2.05) is 37.3 Å². The maximum Gasteiger partial charge on any atom is 0.166 e. The predicted molar refractivity (Wildman–Crippen MR) is 85.3 cm³/mol. The first-order valence-electron chi connectivity index (χ1n) is 6.92. The molecule has 0 fully saturated rings. The molecule has 20 heavy (non-hydrogen) atoms. The topological polar surface area (TPSA) is 20.3 Å². The summed E-state index contributed by atoms with van der Waals surface area (Å²) >= 11 is 1.76. The fourth-order valence-electron chi connectivity index (χ4n) is 2.31. The number of hydrogen-bond acceptors (Lipinski definition) is 3. The van der Waals surface area contributed by atoms with Gasteiger partial charge in [0.2, 0.25) is 0 Å². The van der Waals surface area contributed by atoms with Crippen molar-refractivity contribution in [3.8, 4) is 0 Å². The molecule has 1 aromatic carbocycles. The fraction of sp³-hybridized carbons (Fsp3) is 0.353. The quantitative estimate of drug-likeness (QED) is 0.740. The van der Waals surface area contributed by atoms with Crippen molar-refractivity contribution in [2.75, 3.05) is 13.6 Å². The van der Waals surface area contributed by atoms with E-state index in [0.717, 1.165) is 12.1 Å². The largest absolute Gasteiger partial charge is 0.298 e. The number of hydrogen-bond donors (Lipinski definition) is 0. The third kappa shape index (κ3) is 3.56. The normalized spacial score (nSPS) is 14.2. The second-order valence-electron chi connectivity index (χ2n) is 5.26. The van der Waals surface area contributed by atoms with Crippen LogP contribution in [0.2, 0.25) is 0 Å². The van der Waals surface area contributed by atoms with E-state index in [9.17, 15) is 4.79 Å². The first-order valence-corrected chi connectivity index (χ1v) is 7.80. The van der Waals surface area contributed by atoms with Gasteiger partial charge in [-0.15, -0.1) is 11.3 Å². The van der Waals surface area contributed by atoms with Gasteiger partial charge in [0.05, 0.1) is 0 Å². The van der Waals surface area contributed by atoms with Gasteiger partial charge in [0.1, 0.15) is 0 Å². The number of benzene rings is 1. The summed E-state index contributed by atoms with van der Waals surface area (Å²) < 4.78 is 0. The maximum absolute atomic E-state index is 12.4. The zero-order chi connectivity index (χ0) is 14.5. The van der Waals surface area contributed by atoms with Crippen molar-refractivity contribution in [3.05, 3.63) is 58.3 Å². The lowest BCUT2D eigenvalue weighted by molar-refractivity contribution is 0.0890. The molecule has 0 saturated carbocycles. The van der Waals surface area contributed by atoms with Crippen LogP contribution in [0.25, 0.3) is 0 Å². The molecule has 2 unspecified atom stereocenters. The minimum absolute atomic E-state index is 0.00446. The Labute approximate surface area is 125 Å². The van der Waals surface area contributed by atoms with Crippen molar-refractivity contribution in [2.45, 2.75) is 19.9 Å². The third-order valence-corrected chi connectivity index (χ3v) is 4.73. The van der Waals surface area contributed by atoms with Gasteiger partial charge in [-0.2, -0.15) is 0 Å². The second-order valence-corrected chi connectivity index (χ2v) is 6.24. The highest BCUT2D eigenvalue weighted by molar-refractivity contribution is 7.10. The molecule has 0 radical (unpaired) electrons. The summed E-state index contributed by atoms with van der Waals surface area (Å²) in [5.74, 6) is 0.223. The highest BCUT2D eigenvalue weighted by Crippen LogP contribution is 2.24. The first kappa shape index (κ1) is 14.9. The van der Waals surface area contributed by atoms with Gasteiger partial charge in [-0.3, -0.25) is 9.69 Å². The van der Waals surface area contributed by atoms with Crippen molar-refractivity contribution in [1.29, 1.82) is 0 Å². The Morgan fingerprint density at radius 3 is 2.45 bits per heavy atom. The Morgan fingerprint density at radius 2 is 1.85 bits per heavy atom. The molecule has 0 bridgehead atoms. The molecule has 2 rings (SSSR count). The molecule has 0 N–H and O–H groups in total. The molecule has 2 atom stereocenters. The van der Waals surface area contributed by atoms with Crippen molar-refractivity contribution in [2.24, 2.45) is 5.92 Å². The number of Topliss-reactive ketones (excluding diaryl/α,β-unsaturated/α-hetero) is 1. The van der Waals surface area contributed by atoms with E-state index in [1.54, 1.807) is 11.3 Å². The number of thiophene rings is 1. The van der Waals surface area contributed by atoms with Gasteiger partial charge < -0.3 is 0 Å². The van der Waals surface area contributed by atoms with Crippen LogP contribution in [-0.2, 0) is 0 Å². The van der Waals surface area contributed by atoms with Crippen LogP contribution >= 0.6 is 11.3 Å². The number of nitrogens with zero attached hydrogens (tertiary/aromatic N) is 1. The van der Waals surface area contributed by atoms with Crippen molar-refractivity contribution in [3.63, 3.8) is 0 Å². The van der Waals surface area contributed by atoms with Crippen LogP contribution in [0, 0.1) is 5.92 Å². The van der Waals surface area contributed by atoms with Gasteiger partial charge in [0, 0.05) is 28.9 Å². The smallest absolute Gasteiger partial charge is 0.166 e. The number of rotatable bonds is 6. The summed E-state index contributed by atoms with van der Waals surface area (Å²) in [5, 5.41) is 2.10. The average Bonchev–Trinajstić information content (AvgIpc) is 3.00. The van der Waals surface area contributed by atoms with Gasteiger partial charge in [-0.1, -0.05) is 43.3 Å². The molecule has 2 nitrogen and oxygen atoms in total. The highest BCUT2D eigenvalue weighted by Gasteiger charge is 2.20. The molecule has 1 heterocycles. The van der Waals surface area contributed by atoms with E-state index in [0.29, 0.717) is 6.04 Å². The summed E-state index contributed by atoms with van der Waals surface area (Å²) in [4.78, 5) is 16.0. The Bertz CT molecular complexity index is 535. The van der Waals surface area contributed by atoms with E-state index in [1.165, 1.54) is 4.88 Å². The van der Waals surface area contributed by atoms with E-state index < -0.39 is 0 Å². The molecule has 0 aliphatic carbocycles. The SMILES string of the molecule is CC(CN(C)C(C)c1cccs1)C(=O)c1ccccc1. The predicted octanol–water partition coefficient (Wildman–Crippen LogP) is 4.26. The second kappa shape index (κ2) is 6.82. The summed E-state index contributed by atoms with van der Waals surface area (Å²) in [7, 11) is 2.08. The zero-order valence-corrected chi connectivity index (χ0v) is 13.1. The minimum Gasteiger partial charge on any atom is -0.298 e. The molecular weight excluding hydrogens is 266 g/mol. The molecule has 0 spiro atoms. The van der Waals surface area contributed by atoms with E-state index in [4.69, 9.17) is 0 Å². The molecule has 0 aliphatic rings. The lowest BCUT2D eigenvalue weighted by Crippen LogP contribution is -2.30. The zero-order valence-electron chi connectivity index (χ0n) is 12.2. The van der Waals surface area contributed by atoms with Crippen molar-refractivity contribution >= 4 is 17.1 Å². The fourth-order valence-corrected chi connectivity index (χ4v) is 3.15. The lowest BCUT2D eigenvalue weighted by Gasteiger charge is -2.26. The molecule has 106 valence electrons. The molecule has 0 amide bonds. The van der Waals surface area contributed by atoms with Gasteiger partial charge in [-0.25, -0.2) is 0 Å².